The van der Waals surface area contributed by atoms with Crippen molar-refractivity contribution in [2.45, 2.75) is 32.1 Å². The molecule has 4 fully saturated rings. The number of nitrogens with zero attached hydrogens (tertiary/aromatic N) is 2. The normalized spacial score (nSPS) is 38.1. The molecule has 5 rings (SSSR count). The standard InChI is InChI=1S/C17H25N3/c1-20(17-16(18)3-2-4-19-17)10-15-13-6-11-5-12(8-13)9-14(15)7-11/h2-4,11-15H,5-10,18H2,1H3. The number of hydrogen-bond acceptors (Lipinski definition) is 3. The van der Waals surface area contributed by atoms with E-state index >= 15 is 0 Å². The van der Waals surface area contributed by atoms with Gasteiger partial charge in [0.25, 0.3) is 0 Å². The molecule has 4 saturated carbocycles. The van der Waals surface area contributed by atoms with Crippen molar-refractivity contribution in [3.8, 4) is 0 Å². The van der Waals surface area contributed by atoms with Crippen LogP contribution in [0.1, 0.15) is 32.1 Å². The number of nitrogen functional groups attached to an aromatic ring is 1. The molecule has 0 radical (unpaired) electrons. The summed E-state index contributed by atoms with van der Waals surface area (Å²) >= 11 is 0. The number of anilines is 2. The predicted octanol–water partition coefficient (Wildman–Crippen LogP) is 3.17. The Balaban J connectivity index is 1.50. The van der Waals surface area contributed by atoms with Gasteiger partial charge < -0.3 is 10.6 Å². The molecule has 4 aliphatic rings. The molecule has 1 aromatic heterocycles. The first-order valence-electron chi connectivity index (χ1n) is 8.12. The highest BCUT2D eigenvalue weighted by atomic mass is 15.2. The van der Waals surface area contributed by atoms with Gasteiger partial charge in [0.1, 0.15) is 0 Å². The van der Waals surface area contributed by atoms with Crippen molar-refractivity contribution in [3.63, 3.8) is 0 Å². The summed E-state index contributed by atoms with van der Waals surface area (Å²) in [5, 5.41) is 0. The van der Waals surface area contributed by atoms with Gasteiger partial charge in [-0.15, -0.1) is 0 Å². The Morgan fingerprint density at radius 1 is 1.15 bits per heavy atom. The highest BCUT2D eigenvalue weighted by molar-refractivity contribution is 5.61. The number of pyridine rings is 1. The molecule has 20 heavy (non-hydrogen) atoms. The van der Waals surface area contributed by atoms with Gasteiger partial charge >= 0.3 is 0 Å². The lowest BCUT2D eigenvalue weighted by molar-refractivity contribution is -0.0325. The fourth-order valence-corrected chi connectivity index (χ4v) is 5.47. The number of hydrogen-bond donors (Lipinski definition) is 1. The third-order valence-electron chi connectivity index (χ3n) is 6.09. The van der Waals surface area contributed by atoms with E-state index in [0.29, 0.717) is 0 Å². The van der Waals surface area contributed by atoms with Crippen LogP contribution in [-0.4, -0.2) is 18.6 Å². The van der Waals surface area contributed by atoms with Gasteiger partial charge in [-0.25, -0.2) is 4.98 Å². The Bertz CT molecular complexity index is 471. The molecule has 0 amide bonds. The van der Waals surface area contributed by atoms with Gasteiger partial charge in [-0.05, 0) is 73.8 Å². The average Bonchev–Trinajstić information content (AvgIpc) is 2.42. The molecule has 1 heterocycles. The molecule has 0 spiro atoms. The summed E-state index contributed by atoms with van der Waals surface area (Å²) in [6.07, 6.45) is 9.33. The molecule has 1 aromatic rings. The van der Waals surface area contributed by atoms with E-state index < -0.39 is 0 Å². The van der Waals surface area contributed by atoms with E-state index in [9.17, 15) is 0 Å². The predicted molar refractivity (Wildman–Crippen MR) is 82.5 cm³/mol. The highest BCUT2D eigenvalue weighted by Gasteiger charge is 2.48. The molecule has 0 aliphatic heterocycles. The number of nitrogens with two attached hydrogens (primary N) is 1. The summed E-state index contributed by atoms with van der Waals surface area (Å²) in [6.45, 7) is 1.13. The molecular weight excluding hydrogens is 246 g/mol. The van der Waals surface area contributed by atoms with Crippen LogP contribution < -0.4 is 10.6 Å². The Hall–Kier alpha value is -1.25. The number of aromatic nitrogens is 1. The fourth-order valence-electron chi connectivity index (χ4n) is 5.47. The zero-order chi connectivity index (χ0) is 13.7. The van der Waals surface area contributed by atoms with Crippen LogP contribution in [0.3, 0.4) is 0 Å². The maximum atomic E-state index is 6.07. The Morgan fingerprint density at radius 2 is 1.80 bits per heavy atom. The van der Waals surface area contributed by atoms with Crippen molar-refractivity contribution in [1.29, 1.82) is 0 Å². The van der Waals surface area contributed by atoms with Gasteiger partial charge in [-0.3, -0.25) is 0 Å². The second kappa shape index (κ2) is 4.64. The molecule has 3 nitrogen and oxygen atoms in total. The van der Waals surface area contributed by atoms with Crippen molar-refractivity contribution >= 4 is 11.5 Å². The highest BCUT2D eigenvalue weighted by Crippen LogP contribution is 2.56. The first-order chi connectivity index (χ1) is 9.70. The first kappa shape index (κ1) is 12.5. The minimum Gasteiger partial charge on any atom is -0.396 e. The zero-order valence-electron chi connectivity index (χ0n) is 12.3. The molecule has 108 valence electrons. The van der Waals surface area contributed by atoms with E-state index in [2.05, 4.69) is 16.9 Å². The topological polar surface area (TPSA) is 42.2 Å². The monoisotopic (exact) mass is 271 g/mol. The molecule has 2 N–H and O–H groups in total. The zero-order valence-corrected chi connectivity index (χ0v) is 12.3. The summed E-state index contributed by atoms with van der Waals surface area (Å²) in [5.41, 5.74) is 6.87. The van der Waals surface area contributed by atoms with Crippen LogP contribution >= 0.6 is 0 Å². The van der Waals surface area contributed by atoms with Gasteiger partial charge in [-0.1, -0.05) is 0 Å². The van der Waals surface area contributed by atoms with Gasteiger partial charge in [0.2, 0.25) is 0 Å². The van der Waals surface area contributed by atoms with Crippen molar-refractivity contribution < 1.29 is 0 Å². The summed E-state index contributed by atoms with van der Waals surface area (Å²) < 4.78 is 0. The molecule has 3 heteroatoms. The Labute approximate surface area is 121 Å². The van der Waals surface area contributed by atoms with Crippen molar-refractivity contribution in [3.05, 3.63) is 18.3 Å². The van der Waals surface area contributed by atoms with Crippen LogP contribution in [0.4, 0.5) is 11.5 Å². The maximum Gasteiger partial charge on any atom is 0.151 e. The lowest BCUT2D eigenvalue weighted by Gasteiger charge is -2.55. The maximum absolute atomic E-state index is 6.07. The van der Waals surface area contributed by atoms with Crippen LogP contribution in [0.5, 0.6) is 0 Å². The third-order valence-corrected chi connectivity index (χ3v) is 6.09. The SMILES string of the molecule is CN(CC1C2CC3CC(C2)CC1C3)c1ncccc1N. The lowest BCUT2D eigenvalue weighted by atomic mass is 9.52. The largest absolute Gasteiger partial charge is 0.396 e. The first-order valence-corrected chi connectivity index (χ1v) is 8.12. The fraction of sp³-hybridized carbons (Fsp3) is 0.706. The quantitative estimate of drug-likeness (QED) is 0.918. The summed E-state index contributed by atoms with van der Waals surface area (Å²) in [7, 11) is 2.16. The van der Waals surface area contributed by atoms with Crippen LogP contribution in [0.15, 0.2) is 18.3 Å². The van der Waals surface area contributed by atoms with E-state index in [4.69, 9.17) is 5.73 Å². The molecule has 0 atom stereocenters. The number of rotatable bonds is 3. The van der Waals surface area contributed by atoms with Gasteiger partial charge in [0.05, 0.1) is 5.69 Å². The van der Waals surface area contributed by atoms with Crippen LogP contribution in [0, 0.1) is 29.6 Å². The summed E-state index contributed by atoms with van der Waals surface area (Å²) in [6, 6.07) is 3.87. The van der Waals surface area contributed by atoms with E-state index in [-0.39, 0.29) is 0 Å². The molecule has 4 aliphatic carbocycles. The summed E-state index contributed by atoms with van der Waals surface area (Å²) in [4.78, 5) is 6.76. The molecule has 0 saturated heterocycles. The van der Waals surface area contributed by atoms with Crippen molar-refractivity contribution in [2.24, 2.45) is 29.6 Å². The van der Waals surface area contributed by atoms with E-state index in [1.807, 2.05) is 18.3 Å². The smallest absolute Gasteiger partial charge is 0.151 e. The summed E-state index contributed by atoms with van der Waals surface area (Å²) in [5.74, 6) is 5.88. The minimum atomic E-state index is 0.804. The lowest BCUT2D eigenvalue weighted by Crippen LogP contribution is -2.48. The van der Waals surface area contributed by atoms with Gasteiger partial charge in [-0.2, -0.15) is 0 Å². The molecule has 0 aromatic carbocycles. The Kier molecular flexibility index (Phi) is 2.90. The van der Waals surface area contributed by atoms with E-state index in [1.165, 1.54) is 32.1 Å². The molecular formula is C17H25N3. The Morgan fingerprint density at radius 3 is 2.40 bits per heavy atom. The molecule has 4 bridgehead atoms. The second-order valence-corrected chi connectivity index (χ2v) is 7.39. The van der Waals surface area contributed by atoms with Crippen LogP contribution in [-0.2, 0) is 0 Å². The van der Waals surface area contributed by atoms with Crippen molar-refractivity contribution in [2.75, 3.05) is 24.2 Å². The van der Waals surface area contributed by atoms with Crippen molar-refractivity contribution in [1.82, 2.24) is 4.98 Å². The van der Waals surface area contributed by atoms with Crippen LogP contribution in [0.2, 0.25) is 0 Å². The second-order valence-electron chi connectivity index (χ2n) is 7.39. The minimum absolute atomic E-state index is 0.804. The van der Waals surface area contributed by atoms with Gasteiger partial charge in [0, 0.05) is 19.8 Å². The average molecular weight is 271 g/mol. The van der Waals surface area contributed by atoms with Crippen LogP contribution in [0.25, 0.3) is 0 Å². The van der Waals surface area contributed by atoms with E-state index in [0.717, 1.165) is 47.6 Å². The third kappa shape index (κ3) is 1.99. The van der Waals surface area contributed by atoms with Gasteiger partial charge in [0.15, 0.2) is 5.82 Å². The molecule has 0 unspecified atom stereocenters. The van der Waals surface area contributed by atoms with E-state index in [1.54, 1.807) is 0 Å².